The van der Waals surface area contributed by atoms with Gasteiger partial charge in [0.1, 0.15) is 6.33 Å². The zero-order valence-corrected chi connectivity index (χ0v) is 12.3. The van der Waals surface area contributed by atoms with Gasteiger partial charge >= 0.3 is 0 Å². The van der Waals surface area contributed by atoms with E-state index in [0.717, 1.165) is 18.1 Å². The predicted molar refractivity (Wildman–Crippen MR) is 75.6 cm³/mol. The molecule has 1 N–H and O–H groups in total. The van der Waals surface area contributed by atoms with Crippen LogP contribution in [0.25, 0.3) is 0 Å². The summed E-state index contributed by atoms with van der Waals surface area (Å²) >= 11 is 0. The summed E-state index contributed by atoms with van der Waals surface area (Å²) in [5.41, 5.74) is 0.857. The molecular formula is C13H20N6O. The summed E-state index contributed by atoms with van der Waals surface area (Å²) < 4.78 is 7.56. The fourth-order valence-electron chi connectivity index (χ4n) is 1.76. The van der Waals surface area contributed by atoms with Crippen LogP contribution in [-0.2, 0) is 13.1 Å². The van der Waals surface area contributed by atoms with Crippen LogP contribution in [0.2, 0.25) is 0 Å². The monoisotopic (exact) mass is 276 g/mol. The first-order chi connectivity index (χ1) is 9.58. The highest BCUT2D eigenvalue weighted by atomic mass is 16.5. The molecule has 2 rings (SSSR count). The second-order valence-corrected chi connectivity index (χ2v) is 4.72. The Balaban J connectivity index is 2.07. The number of ether oxygens (including phenoxy) is 1. The van der Waals surface area contributed by atoms with Crippen LogP contribution in [0.5, 0.6) is 5.88 Å². The average Bonchev–Trinajstić information content (AvgIpc) is 2.82. The molecule has 0 saturated heterocycles. The van der Waals surface area contributed by atoms with Crippen molar-refractivity contribution in [2.24, 2.45) is 0 Å². The maximum atomic E-state index is 5.59. The van der Waals surface area contributed by atoms with Gasteiger partial charge in [-0.2, -0.15) is 4.98 Å². The molecule has 0 radical (unpaired) electrons. The van der Waals surface area contributed by atoms with E-state index in [0.29, 0.717) is 18.4 Å². The lowest BCUT2D eigenvalue weighted by molar-refractivity contribution is 0.232. The third kappa shape index (κ3) is 3.66. The minimum atomic E-state index is 0.0836. The van der Waals surface area contributed by atoms with Crippen LogP contribution in [0.3, 0.4) is 0 Å². The van der Waals surface area contributed by atoms with Crippen molar-refractivity contribution < 1.29 is 4.74 Å². The molecule has 0 aromatic carbocycles. The highest BCUT2D eigenvalue weighted by Crippen LogP contribution is 2.14. The normalized spacial score (nSPS) is 10.8. The van der Waals surface area contributed by atoms with Crippen molar-refractivity contribution in [3.63, 3.8) is 0 Å². The highest BCUT2D eigenvalue weighted by Gasteiger charge is 2.07. The van der Waals surface area contributed by atoms with E-state index in [1.165, 1.54) is 0 Å². The SMILES string of the molecule is CCn1cnnc1CNc1nc(C)cc(OC(C)C)n1. The van der Waals surface area contributed by atoms with Gasteiger partial charge in [-0.15, -0.1) is 10.2 Å². The molecule has 0 amide bonds. The zero-order valence-electron chi connectivity index (χ0n) is 12.3. The molecule has 0 aliphatic heterocycles. The first-order valence-corrected chi connectivity index (χ1v) is 6.71. The molecule has 2 aromatic heterocycles. The first kappa shape index (κ1) is 14.2. The van der Waals surface area contributed by atoms with E-state index in [1.807, 2.05) is 38.3 Å². The third-order valence-electron chi connectivity index (χ3n) is 2.63. The van der Waals surface area contributed by atoms with Crippen molar-refractivity contribution in [1.82, 2.24) is 24.7 Å². The Morgan fingerprint density at radius 2 is 2.15 bits per heavy atom. The number of nitrogens with zero attached hydrogens (tertiary/aromatic N) is 5. The van der Waals surface area contributed by atoms with Gasteiger partial charge in [-0.1, -0.05) is 0 Å². The van der Waals surface area contributed by atoms with Crippen LogP contribution in [0, 0.1) is 6.92 Å². The number of aromatic nitrogens is 5. The molecule has 2 heterocycles. The van der Waals surface area contributed by atoms with Crippen LogP contribution < -0.4 is 10.1 Å². The molecule has 0 saturated carbocycles. The molecule has 20 heavy (non-hydrogen) atoms. The number of hydrogen-bond donors (Lipinski definition) is 1. The van der Waals surface area contributed by atoms with Crippen LogP contribution in [0.4, 0.5) is 5.95 Å². The number of aryl methyl sites for hydroxylation is 2. The minimum Gasteiger partial charge on any atom is -0.475 e. The number of anilines is 1. The largest absolute Gasteiger partial charge is 0.475 e. The van der Waals surface area contributed by atoms with E-state index in [2.05, 4.69) is 25.5 Å². The average molecular weight is 276 g/mol. The van der Waals surface area contributed by atoms with Gasteiger partial charge in [0.25, 0.3) is 0 Å². The maximum absolute atomic E-state index is 5.59. The Hall–Kier alpha value is -2.18. The van der Waals surface area contributed by atoms with Gasteiger partial charge in [-0.05, 0) is 27.7 Å². The van der Waals surface area contributed by atoms with Gasteiger partial charge < -0.3 is 14.6 Å². The molecule has 0 bridgehead atoms. The number of rotatable bonds is 6. The van der Waals surface area contributed by atoms with Gasteiger partial charge in [-0.25, -0.2) is 4.98 Å². The highest BCUT2D eigenvalue weighted by molar-refractivity contribution is 5.30. The Kier molecular flexibility index (Phi) is 4.49. The second-order valence-electron chi connectivity index (χ2n) is 4.72. The molecule has 7 nitrogen and oxygen atoms in total. The zero-order chi connectivity index (χ0) is 14.5. The quantitative estimate of drug-likeness (QED) is 0.866. The summed E-state index contributed by atoms with van der Waals surface area (Å²) in [6, 6.07) is 1.82. The summed E-state index contributed by atoms with van der Waals surface area (Å²) in [5, 5.41) is 11.1. The van der Waals surface area contributed by atoms with Crippen molar-refractivity contribution >= 4 is 5.95 Å². The van der Waals surface area contributed by atoms with Gasteiger partial charge in [0.05, 0.1) is 12.6 Å². The first-order valence-electron chi connectivity index (χ1n) is 6.71. The fourth-order valence-corrected chi connectivity index (χ4v) is 1.76. The van der Waals surface area contributed by atoms with Crippen molar-refractivity contribution in [1.29, 1.82) is 0 Å². The van der Waals surface area contributed by atoms with Crippen molar-refractivity contribution in [3.05, 3.63) is 23.9 Å². The fraction of sp³-hybridized carbons (Fsp3) is 0.538. The molecule has 7 heteroatoms. The summed E-state index contributed by atoms with van der Waals surface area (Å²) in [7, 11) is 0. The van der Waals surface area contributed by atoms with E-state index in [9.17, 15) is 0 Å². The van der Waals surface area contributed by atoms with Crippen LogP contribution in [0.15, 0.2) is 12.4 Å². The molecule has 0 fully saturated rings. The lowest BCUT2D eigenvalue weighted by Gasteiger charge is -2.11. The van der Waals surface area contributed by atoms with Crippen LogP contribution >= 0.6 is 0 Å². The molecule has 0 unspecified atom stereocenters. The van der Waals surface area contributed by atoms with Gasteiger partial charge in [0.2, 0.25) is 11.8 Å². The maximum Gasteiger partial charge on any atom is 0.226 e. The lowest BCUT2D eigenvalue weighted by atomic mass is 10.4. The van der Waals surface area contributed by atoms with Crippen molar-refractivity contribution in [2.45, 2.75) is 46.9 Å². The predicted octanol–water partition coefficient (Wildman–Crippen LogP) is 1.80. The molecule has 2 aromatic rings. The standard InChI is InChI=1S/C13H20N6O/c1-5-19-8-15-18-11(19)7-14-13-16-10(4)6-12(17-13)20-9(2)3/h6,8-9H,5,7H2,1-4H3,(H,14,16,17). The van der Waals surface area contributed by atoms with Gasteiger partial charge in [0, 0.05) is 18.3 Å². The van der Waals surface area contributed by atoms with Crippen LogP contribution in [-0.4, -0.2) is 30.8 Å². The molecule has 0 aliphatic carbocycles. The molecule has 108 valence electrons. The summed E-state index contributed by atoms with van der Waals surface area (Å²) in [6.07, 6.45) is 1.79. The van der Waals surface area contributed by atoms with Crippen molar-refractivity contribution in [2.75, 3.05) is 5.32 Å². The molecule has 0 atom stereocenters. The summed E-state index contributed by atoms with van der Waals surface area (Å²) in [4.78, 5) is 8.66. The Morgan fingerprint density at radius 3 is 2.85 bits per heavy atom. The van der Waals surface area contributed by atoms with Gasteiger partial charge in [0.15, 0.2) is 5.82 Å². The van der Waals surface area contributed by atoms with E-state index < -0.39 is 0 Å². The summed E-state index contributed by atoms with van der Waals surface area (Å²) in [6.45, 7) is 9.25. The van der Waals surface area contributed by atoms with E-state index >= 15 is 0 Å². The van der Waals surface area contributed by atoms with E-state index in [4.69, 9.17) is 4.74 Å². The molecule has 0 spiro atoms. The molecular weight excluding hydrogens is 256 g/mol. The van der Waals surface area contributed by atoms with E-state index in [-0.39, 0.29) is 6.10 Å². The minimum absolute atomic E-state index is 0.0836. The number of hydrogen-bond acceptors (Lipinski definition) is 6. The number of nitrogens with one attached hydrogen (secondary N) is 1. The smallest absolute Gasteiger partial charge is 0.226 e. The Labute approximate surface area is 118 Å². The van der Waals surface area contributed by atoms with Gasteiger partial charge in [-0.3, -0.25) is 0 Å². The second kappa shape index (κ2) is 6.31. The third-order valence-corrected chi connectivity index (χ3v) is 2.63. The molecule has 0 aliphatic rings. The Bertz CT molecular complexity index is 566. The van der Waals surface area contributed by atoms with Crippen molar-refractivity contribution in [3.8, 4) is 5.88 Å². The summed E-state index contributed by atoms with van der Waals surface area (Å²) in [5.74, 6) is 1.96. The van der Waals surface area contributed by atoms with Crippen LogP contribution in [0.1, 0.15) is 32.3 Å². The lowest BCUT2D eigenvalue weighted by Crippen LogP contribution is -2.12. The Morgan fingerprint density at radius 1 is 1.35 bits per heavy atom. The topological polar surface area (TPSA) is 77.8 Å². The van der Waals surface area contributed by atoms with E-state index in [1.54, 1.807) is 6.33 Å².